The average molecular weight is 281 g/mol. The summed E-state index contributed by atoms with van der Waals surface area (Å²) in [5.74, 6) is -0.669. The normalized spacial score (nSPS) is 30.7. The van der Waals surface area contributed by atoms with Gasteiger partial charge in [-0.3, -0.25) is 4.79 Å². The van der Waals surface area contributed by atoms with Gasteiger partial charge in [-0.2, -0.15) is 0 Å². The zero-order valence-corrected chi connectivity index (χ0v) is 11.4. The summed E-state index contributed by atoms with van der Waals surface area (Å²) >= 11 is 5.91. The summed E-state index contributed by atoms with van der Waals surface area (Å²) < 4.78 is 4.96. The number of hydrogen-bond acceptors (Lipinski definition) is 5. The third kappa shape index (κ3) is 3.57. The summed E-state index contributed by atoms with van der Waals surface area (Å²) in [6.07, 6.45) is -2.72. The number of carbonyl (C=O) groups excluding carboxylic acids is 1. The number of cyclic esters (lactones) is 1. The van der Waals surface area contributed by atoms with Crippen LogP contribution in [0.4, 0.5) is 0 Å². The molecular formula is C12H21ClO5. The lowest BCUT2D eigenvalue weighted by molar-refractivity contribution is -0.151. The van der Waals surface area contributed by atoms with Crippen molar-refractivity contribution >= 4 is 17.6 Å². The van der Waals surface area contributed by atoms with Crippen molar-refractivity contribution in [3.63, 3.8) is 0 Å². The van der Waals surface area contributed by atoms with E-state index in [1.165, 1.54) is 0 Å². The molecule has 0 amide bonds. The standard InChI is InChI=1S/C12H21ClO5/c1-3-4-7(14)9(13)11(16)10(15)8-5-6(2)12(17)18-8/h6-11,14-16H,3-5H2,1-2H3/t6-,7+,8-,9+,10-,11+/m0/s1. The summed E-state index contributed by atoms with van der Waals surface area (Å²) in [4.78, 5) is 11.2. The van der Waals surface area contributed by atoms with Gasteiger partial charge in [0.25, 0.3) is 0 Å². The monoisotopic (exact) mass is 280 g/mol. The second-order valence-corrected chi connectivity index (χ2v) is 5.40. The Bertz CT molecular complexity index is 286. The third-order valence-corrected chi connectivity index (χ3v) is 3.81. The topological polar surface area (TPSA) is 87.0 Å². The molecule has 6 atom stereocenters. The molecule has 1 fully saturated rings. The van der Waals surface area contributed by atoms with Crippen LogP contribution in [0.25, 0.3) is 0 Å². The van der Waals surface area contributed by atoms with Crippen molar-refractivity contribution < 1.29 is 24.9 Å². The van der Waals surface area contributed by atoms with Crippen molar-refractivity contribution in [1.82, 2.24) is 0 Å². The number of halogens is 1. The van der Waals surface area contributed by atoms with Gasteiger partial charge in [0.2, 0.25) is 0 Å². The van der Waals surface area contributed by atoms with Crippen molar-refractivity contribution in [1.29, 1.82) is 0 Å². The first-order chi connectivity index (χ1) is 8.38. The lowest BCUT2D eigenvalue weighted by Crippen LogP contribution is -2.46. The number of rotatable bonds is 6. The van der Waals surface area contributed by atoms with Crippen molar-refractivity contribution in [2.75, 3.05) is 0 Å². The zero-order valence-electron chi connectivity index (χ0n) is 10.6. The quantitative estimate of drug-likeness (QED) is 0.485. The highest BCUT2D eigenvalue weighted by molar-refractivity contribution is 6.21. The fraction of sp³-hybridized carbons (Fsp3) is 0.917. The van der Waals surface area contributed by atoms with Crippen LogP contribution >= 0.6 is 11.6 Å². The maximum Gasteiger partial charge on any atom is 0.309 e. The van der Waals surface area contributed by atoms with Gasteiger partial charge in [0.1, 0.15) is 18.3 Å². The van der Waals surface area contributed by atoms with Gasteiger partial charge >= 0.3 is 5.97 Å². The number of ether oxygens (including phenoxy) is 1. The molecule has 0 radical (unpaired) electrons. The van der Waals surface area contributed by atoms with Crippen molar-refractivity contribution in [3.05, 3.63) is 0 Å². The van der Waals surface area contributed by atoms with Gasteiger partial charge in [-0.05, 0) is 6.42 Å². The van der Waals surface area contributed by atoms with Crippen LogP contribution in [0.2, 0.25) is 0 Å². The van der Waals surface area contributed by atoms with Crippen LogP contribution in [0, 0.1) is 5.92 Å². The van der Waals surface area contributed by atoms with E-state index in [-0.39, 0.29) is 11.9 Å². The molecule has 0 aliphatic carbocycles. The molecule has 0 bridgehead atoms. The Balaban J connectivity index is 2.55. The van der Waals surface area contributed by atoms with Crippen molar-refractivity contribution in [3.8, 4) is 0 Å². The van der Waals surface area contributed by atoms with Crippen LogP contribution in [0.5, 0.6) is 0 Å². The molecule has 0 spiro atoms. The van der Waals surface area contributed by atoms with Gasteiger partial charge < -0.3 is 20.1 Å². The van der Waals surface area contributed by atoms with Gasteiger partial charge in [-0.25, -0.2) is 0 Å². The van der Waals surface area contributed by atoms with Crippen molar-refractivity contribution in [2.24, 2.45) is 5.92 Å². The average Bonchev–Trinajstić information content (AvgIpc) is 2.67. The van der Waals surface area contributed by atoms with Gasteiger partial charge in [-0.1, -0.05) is 20.3 Å². The summed E-state index contributed by atoms with van der Waals surface area (Å²) in [7, 11) is 0. The van der Waals surface area contributed by atoms with Gasteiger partial charge in [0.05, 0.1) is 17.4 Å². The molecule has 106 valence electrons. The summed E-state index contributed by atoms with van der Waals surface area (Å²) in [6.45, 7) is 3.58. The lowest BCUT2D eigenvalue weighted by atomic mass is 9.96. The maximum absolute atomic E-state index is 11.2. The van der Waals surface area contributed by atoms with E-state index in [1.54, 1.807) is 6.92 Å². The van der Waals surface area contributed by atoms with Gasteiger partial charge in [0, 0.05) is 6.42 Å². The Morgan fingerprint density at radius 2 is 2.06 bits per heavy atom. The Morgan fingerprint density at radius 3 is 2.50 bits per heavy atom. The van der Waals surface area contributed by atoms with Crippen molar-refractivity contribution in [2.45, 2.75) is 62.9 Å². The van der Waals surface area contributed by atoms with Gasteiger partial charge in [0.15, 0.2) is 0 Å². The maximum atomic E-state index is 11.2. The number of aliphatic hydroxyl groups excluding tert-OH is 3. The Hall–Kier alpha value is -0.360. The van der Waals surface area contributed by atoms with Crippen LogP contribution in [-0.4, -0.2) is 51.1 Å². The highest BCUT2D eigenvalue weighted by atomic mass is 35.5. The molecule has 18 heavy (non-hydrogen) atoms. The van der Waals surface area contributed by atoms with E-state index in [2.05, 4.69) is 0 Å². The molecule has 1 aliphatic heterocycles. The highest BCUT2D eigenvalue weighted by Gasteiger charge is 2.41. The molecule has 0 aromatic carbocycles. The number of aliphatic hydroxyl groups is 3. The largest absolute Gasteiger partial charge is 0.459 e. The second-order valence-electron chi connectivity index (χ2n) is 4.89. The fourth-order valence-electron chi connectivity index (χ4n) is 2.06. The van der Waals surface area contributed by atoms with E-state index >= 15 is 0 Å². The first kappa shape index (κ1) is 15.7. The fourth-order valence-corrected chi connectivity index (χ4v) is 2.33. The Morgan fingerprint density at radius 1 is 1.44 bits per heavy atom. The van der Waals surface area contributed by atoms with Crippen LogP contribution in [0.15, 0.2) is 0 Å². The molecule has 0 aromatic heterocycles. The lowest BCUT2D eigenvalue weighted by Gasteiger charge is -2.28. The Labute approximate surface area is 112 Å². The third-order valence-electron chi connectivity index (χ3n) is 3.26. The van der Waals surface area contributed by atoms with Crippen LogP contribution < -0.4 is 0 Å². The summed E-state index contributed by atoms with van der Waals surface area (Å²) in [5.41, 5.74) is 0. The van der Waals surface area contributed by atoms with E-state index < -0.39 is 29.8 Å². The summed E-state index contributed by atoms with van der Waals surface area (Å²) in [6, 6.07) is 0. The molecule has 3 N–H and O–H groups in total. The minimum atomic E-state index is -1.32. The second kappa shape index (κ2) is 6.70. The minimum absolute atomic E-state index is 0.286. The molecule has 1 saturated heterocycles. The molecule has 0 aromatic rings. The first-order valence-corrected chi connectivity index (χ1v) is 6.70. The molecular weight excluding hydrogens is 260 g/mol. The SMILES string of the molecule is CCC[C@@H](O)[C@@H](Cl)[C@@H](O)[C@@H](O)[C@@H]1C[C@H](C)C(=O)O1. The Kier molecular flexibility index (Phi) is 5.85. The predicted molar refractivity (Wildman–Crippen MR) is 66.2 cm³/mol. The minimum Gasteiger partial charge on any atom is -0.459 e. The number of alkyl halides is 1. The number of esters is 1. The van der Waals surface area contributed by atoms with E-state index in [1.807, 2.05) is 6.92 Å². The smallest absolute Gasteiger partial charge is 0.309 e. The molecule has 6 heteroatoms. The van der Waals surface area contributed by atoms with Crippen LogP contribution in [-0.2, 0) is 9.53 Å². The van der Waals surface area contributed by atoms with E-state index in [0.29, 0.717) is 12.8 Å². The zero-order chi connectivity index (χ0) is 13.9. The van der Waals surface area contributed by atoms with E-state index in [9.17, 15) is 20.1 Å². The molecule has 5 nitrogen and oxygen atoms in total. The van der Waals surface area contributed by atoms with Gasteiger partial charge in [-0.15, -0.1) is 11.6 Å². The molecule has 0 unspecified atom stereocenters. The number of hydrogen-bond donors (Lipinski definition) is 3. The van der Waals surface area contributed by atoms with Crippen LogP contribution in [0.1, 0.15) is 33.1 Å². The first-order valence-electron chi connectivity index (χ1n) is 6.27. The summed E-state index contributed by atoms with van der Waals surface area (Å²) in [5, 5.41) is 28.5. The highest BCUT2D eigenvalue weighted by Crippen LogP contribution is 2.27. The van der Waals surface area contributed by atoms with Crippen LogP contribution in [0.3, 0.4) is 0 Å². The molecule has 1 rings (SSSR count). The van der Waals surface area contributed by atoms with E-state index in [0.717, 1.165) is 6.42 Å². The predicted octanol–water partition coefficient (Wildman–Crippen LogP) is 0.428. The molecule has 1 aliphatic rings. The van der Waals surface area contributed by atoms with E-state index in [4.69, 9.17) is 16.3 Å². The molecule has 0 saturated carbocycles. The molecule has 1 heterocycles. The number of carbonyl (C=O) groups is 1.